The van der Waals surface area contributed by atoms with Gasteiger partial charge in [0.2, 0.25) is 5.91 Å². The van der Waals surface area contributed by atoms with Gasteiger partial charge in [-0.3, -0.25) is 14.6 Å². The Balaban J connectivity index is 1.49. The van der Waals surface area contributed by atoms with Gasteiger partial charge in [0.05, 0.1) is 13.7 Å². The zero-order chi connectivity index (χ0) is 18.5. The maximum Gasteiger partial charge on any atom is 0.236 e. The van der Waals surface area contributed by atoms with Crippen LogP contribution in [0.4, 0.5) is 0 Å². The van der Waals surface area contributed by atoms with E-state index in [-0.39, 0.29) is 0 Å². The molecule has 2 aliphatic rings. The molecule has 2 aliphatic heterocycles. The second-order valence-electron chi connectivity index (χ2n) is 7.70. The van der Waals surface area contributed by atoms with E-state index < -0.39 is 0 Å². The zero-order valence-electron chi connectivity index (χ0n) is 16.5. The second kappa shape index (κ2) is 8.87. The van der Waals surface area contributed by atoms with Crippen LogP contribution in [0.2, 0.25) is 0 Å². The van der Waals surface area contributed by atoms with Gasteiger partial charge in [0.1, 0.15) is 5.75 Å². The Bertz CT molecular complexity index is 599. The second-order valence-corrected chi connectivity index (χ2v) is 7.70. The third kappa shape index (κ3) is 4.57. The monoisotopic (exact) mass is 359 g/mol. The lowest BCUT2D eigenvalue weighted by molar-refractivity contribution is -0.136. The summed E-state index contributed by atoms with van der Waals surface area (Å²) in [5, 5.41) is 0. The summed E-state index contributed by atoms with van der Waals surface area (Å²) >= 11 is 0. The first-order chi connectivity index (χ1) is 12.6. The van der Waals surface area contributed by atoms with E-state index in [0.29, 0.717) is 24.5 Å². The van der Waals surface area contributed by atoms with Crippen molar-refractivity contribution in [3.8, 4) is 5.75 Å². The molecule has 0 radical (unpaired) electrons. The average Bonchev–Trinajstić information content (AvgIpc) is 2.68. The molecule has 0 bridgehead atoms. The molecule has 5 nitrogen and oxygen atoms in total. The quantitative estimate of drug-likeness (QED) is 0.810. The first kappa shape index (κ1) is 19.2. The van der Waals surface area contributed by atoms with Gasteiger partial charge >= 0.3 is 0 Å². The predicted molar refractivity (Wildman–Crippen MR) is 104 cm³/mol. The molecule has 2 heterocycles. The minimum Gasteiger partial charge on any atom is -0.497 e. The maximum atomic E-state index is 12.6. The van der Waals surface area contributed by atoms with Crippen molar-refractivity contribution in [2.24, 2.45) is 0 Å². The molecule has 0 spiro atoms. The van der Waals surface area contributed by atoms with Crippen molar-refractivity contribution in [3.05, 3.63) is 29.8 Å². The fraction of sp³-hybridized carbons (Fsp3) is 0.667. The van der Waals surface area contributed by atoms with E-state index in [1.54, 1.807) is 7.11 Å². The molecule has 0 N–H and O–H groups in total. The number of ether oxygens (including phenoxy) is 1. The number of piperidine rings is 1. The number of carbonyl (C=O) groups excluding carboxylic acids is 1. The van der Waals surface area contributed by atoms with Gasteiger partial charge in [0.15, 0.2) is 0 Å². The summed E-state index contributed by atoms with van der Waals surface area (Å²) in [6, 6.07) is 9.11. The van der Waals surface area contributed by atoms with Crippen molar-refractivity contribution >= 4 is 5.91 Å². The van der Waals surface area contributed by atoms with Gasteiger partial charge in [-0.2, -0.15) is 0 Å². The summed E-state index contributed by atoms with van der Waals surface area (Å²) in [5.74, 6) is 1.22. The summed E-state index contributed by atoms with van der Waals surface area (Å²) in [6.45, 7) is 9.88. The smallest absolute Gasteiger partial charge is 0.236 e. The molecule has 1 aromatic carbocycles. The van der Waals surface area contributed by atoms with Crippen LogP contribution in [0.3, 0.4) is 0 Å². The molecule has 26 heavy (non-hydrogen) atoms. The van der Waals surface area contributed by atoms with Crippen LogP contribution in [0.1, 0.15) is 44.7 Å². The van der Waals surface area contributed by atoms with Crippen LogP contribution >= 0.6 is 0 Å². The summed E-state index contributed by atoms with van der Waals surface area (Å²) < 4.78 is 5.35. The van der Waals surface area contributed by atoms with E-state index in [1.165, 1.54) is 12.0 Å². The molecule has 0 aromatic heterocycles. The highest BCUT2D eigenvalue weighted by Gasteiger charge is 2.27. The molecule has 2 fully saturated rings. The molecule has 0 saturated carbocycles. The normalized spacial score (nSPS) is 23.7. The van der Waals surface area contributed by atoms with Crippen LogP contribution < -0.4 is 4.74 Å². The number of likely N-dealkylation sites (tertiary alicyclic amines) is 1. The third-order valence-electron chi connectivity index (χ3n) is 6.01. The maximum absolute atomic E-state index is 12.6. The minimum absolute atomic E-state index is 0.312. The summed E-state index contributed by atoms with van der Waals surface area (Å²) in [6.07, 6.45) is 3.56. The van der Waals surface area contributed by atoms with Crippen LogP contribution in [0.15, 0.2) is 24.3 Å². The van der Waals surface area contributed by atoms with Crippen LogP contribution in [-0.4, -0.2) is 73.0 Å². The number of carbonyl (C=O) groups is 1. The predicted octanol–water partition coefficient (Wildman–Crippen LogP) is 2.77. The zero-order valence-corrected chi connectivity index (χ0v) is 16.5. The standard InChI is InChI=1S/C21H33N3O2/c1-17-7-4-5-10-24(17)21(25)16-22-11-13-23(14-12-22)18(2)19-8-6-9-20(15-19)26-3/h6,8-9,15,17-18H,4-5,7,10-14,16H2,1-3H3. The number of hydrogen-bond acceptors (Lipinski definition) is 4. The van der Waals surface area contributed by atoms with Crippen molar-refractivity contribution in [2.45, 2.75) is 45.2 Å². The molecule has 3 rings (SSSR count). The Morgan fingerprint density at radius 2 is 1.96 bits per heavy atom. The van der Waals surface area contributed by atoms with Gasteiger partial charge in [0, 0.05) is 44.8 Å². The molecule has 144 valence electrons. The van der Waals surface area contributed by atoms with Crippen molar-refractivity contribution < 1.29 is 9.53 Å². The fourth-order valence-corrected chi connectivity index (χ4v) is 4.17. The molecule has 2 atom stereocenters. The molecule has 2 unspecified atom stereocenters. The Hall–Kier alpha value is -1.59. The molecule has 1 aromatic rings. The van der Waals surface area contributed by atoms with E-state index >= 15 is 0 Å². The summed E-state index contributed by atoms with van der Waals surface area (Å²) in [5.41, 5.74) is 1.29. The van der Waals surface area contributed by atoms with Crippen LogP contribution in [0, 0.1) is 0 Å². The van der Waals surface area contributed by atoms with E-state index in [1.807, 2.05) is 6.07 Å². The summed E-state index contributed by atoms with van der Waals surface area (Å²) in [7, 11) is 1.71. The van der Waals surface area contributed by atoms with Crippen molar-refractivity contribution in [2.75, 3.05) is 46.4 Å². The van der Waals surface area contributed by atoms with Crippen molar-refractivity contribution in [3.63, 3.8) is 0 Å². The number of methoxy groups -OCH3 is 1. The molecular formula is C21H33N3O2. The highest BCUT2D eigenvalue weighted by atomic mass is 16.5. The molecule has 2 saturated heterocycles. The number of rotatable bonds is 5. The topological polar surface area (TPSA) is 36.0 Å². The van der Waals surface area contributed by atoms with Gasteiger partial charge in [-0.05, 0) is 50.8 Å². The van der Waals surface area contributed by atoms with Gasteiger partial charge in [-0.25, -0.2) is 0 Å². The highest BCUT2D eigenvalue weighted by molar-refractivity contribution is 5.78. The van der Waals surface area contributed by atoms with Crippen molar-refractivity contribution in [1.82, 2.24) is 14.7 Å². The van der Waals surface area contributed by atoms with E-state index in [0.717, 1.165) is 51.3 Å². The lowest BCUT2D eigenvalue weighted by Crippen LogP contribution is -2.52. The number of amides is 1. The minimum atomic E-state index is 0.312. The van der Waals surface area contributed by atoms with E-state index in [9.17, 15) is 4.79 Å². The van der Waals surface area contributed by atoms with Gasteiger partial charge in [-0.1, -0.05) is 12.1 Å². The van der Waals surface area contributed by atoms with E-state index in [2.05, 4.69) is 46.7 Å². The molecule has 5 heteroatoms. The first-order valence-corrected chi connectivity index (χ1v) is 9.98. The average molecular weight is 360 g/mol. The highest BCUT2D eigenvalue weighted by Crippen LogP contribution is 2.25. The Morgan fingerprint density at radius 3 is 2.65 bits per heavy atom. The van der Waals surface area contributed by atoms with Crippen LogP contribution in [0.5, 0.6) is 5.75 Å². The van der Waals surface area contributed by atoms with E-state index in [4.69, 9.17) is 4.74 Å². The fourth-order valence-electron chi connectivity index (χ4n) is 4.17. The number of hydrogen-bond donors (Lipinski definition) is 0. The Kier molecular flexibility index (Phi) is 6.54. The largest absolute Gasteiger partial charge is 0.497 e. The lowest BCUT2D eigenvalue weighted by atomic mass is 10.0. The number of benzene rings is 1. The SMILES string of the molecule is COc1cccc(C(C)N2CCN(CC(=O)N3CCCCC3C)CC2)c1. The van der Waals surface area contributed by atoms with Gasteiger partial charge in [0.25, 0.3) is 0 Å². The molecule has 1 amide bonds. The number of piperazine rings is 1. The number of nitrogens with zero attached hydrogens (tertiary/aromatic N) is 3. The molecule has 0 aliphatic carbocycles. The van der Waals surface area contributed by atoms with Crippen LogP contribution in [0.25, 0.3) is 0 Å². The Morgan fingerprint density at radius 1 is 1.19 bits per heavy atom. The summed E-state index contributed by atoms with van der Waals surface area (Å²) in [4.78, 5) is 19.6. The lowest BCUT2D eigenvalue weighted by Gasteiger charge is -2.40. The van der Waals surface area contributed by atoms with Gasteiger partial charge < -0.3 is 9.64 Å². The third-order valence-corrected chi connectivity index (χ3v) is 6.01. The van der Waals surface area contributed by atoms with Crippen LogP contribution in [-0.2, 0) is 4.79 Å². The van der Waals surface area contributed by atoms with Crippen molar-refractivity contribution in [1.29, 1.82) is 0 Å². The first-order valence-electron chi connectivity index (χ1n) is 9.98. The van der Waals surface area contributed by atoms with Gasteiger partial charge in [-0.15, -0.1) is 0 Å². The Labute approximate surface area is 157 Å². The molecular weight excluding hydrogens is 326 g/mol.